The van der Waals surface area contributed by atoms with Gasteiger partial charge in [-0.25, -0.2) is 8.78 Å². The molecule has 17 heavy (non-hydrogen) atoms. The van der Waals surface area contributed by atoms with E-state index < -0.39 is 6.43 Å². The first-order valence-corrected chi connectivity index (χ1v) is 5.36. The first-order valence-electron chi connectivity index (χ1n) is 5.36. The van der Waals surface area contributed by atoms with Crippen LogP contribution in [0.4, 0.5) is 8.78 Å². The van der Waals surface area contributed by atoms with Crippen molar-refractivity contribution in [2.45, 2.75) is 19.9 Å². The number of rotatable bonds is 6. The molecule has 0 aliphatic heterocycles. The fourth-order valence-electron chi connectivity index (χ4n) is 1.30. The van der Waals surface area contributed by atoms with Gasteiger partial charge in [-0.1, -0.05) is 24.3 Å². The minimum absolute atomic E-state index is 0.000794. The van der Waals surface area contributed by atoms with Gasteiger partial charge in [0.25, 0.3) is 6.43 Å². The summed E-state index contributed by atoms with van der Waals surface area (Å²) >= 11 is 0. The Bertz CT molecular complexity index is 352. The van der Waals surface area contributed by atoms with Crippen molar-refractivity contribution in [3.8, 4) is 0 Å². The third kappa shape index (κ3) is 4.91. The number of nitrogens with one attached hydrogen (secondary N) is 1. The van der Waals surface area contributed by atoms with Crippen molar-refractivity contribution in [3.05, 3.63) is 35.4 Å². The molecule has 1 aromatic rings. The molecule has 0 aliphatic carbocycles. The molecule has 0 unspecified atom stereocenters. The second kappa shape index (κ2) is 6.96. The highest BCUT2D eigenvalue weighted by atomic mass is 19.3. The molecule has 0 radical (unpaired) electrons. The van der Waals surface area contributed by atoms with Gasteiger partial charge in [-0.2, -0.15) is 0 Å². The second-order valence-corrected chi connectivity index (χ2v) is 3.45. The number of carbonyl (C=O) groups is 1. The van der Waals surface area contributed by atoms with Gasteiger partial charge in [0.2, 0.25) is 0 Å². The molecule has 0 heterocycles. The summed E-state index contributed by atoms with van der Waals surface area (Å²) in [6.45, 7) is 2.65. The van der Waals surface area contributed by atoms with E-state index in [9.17, 15) is 13.6 Å². The fourth-order valence-corrected chi connectivity index (χ4v) is 1.30. The molecule has 3 nitrogen and oxygen atoms in total. The highest BCUT2D eigenvalue weighted by molar-refractivity contribution is 5.71. The van der Waals surface area contributed by atoms with Crippen molar-refractivity contribution in [2.24, 2.45) is 0 Å². The Morgan fingerprint density at radius 2 is 2.00 bits per heavy atom. The van der Waals surface area contributed by atoms with Crippen molar-refractivity contribution >= 4 is 5.97 Å². The Labute approximate surface area is 98.8 Å². The molecule has 0 saturated heterocycles. The third-order valence-corrected chi connectivity index (χ3v) is 2.14. The van der Waals surface area contributed by atoms with E-state index in [1.54, 1.807) is 19.1 Å². The monoisotopic (exact) mass is 243 g/mol. The van der Waals surface area contributed by atoms with Crippen LogP contribution in [0.5, 0.6) is 0 Å². The van der Waals surface area contributed by atoms with E-state index in [2.05, 4.69) is 5.32 Å². The van der Waals surface area contributed by atoms with Crippen LogP contribution in [0.15, 0.2) is 24.3 Å². The molecule has 0 fully saturated rings. The predicted molar refractivity (Wildman–Crippen MR) is 59.7 cm³/mol. The Morgan fingerprint density at radius 1 is 1.35 bits per heavy atom. The maximum Gasteiger partial charge on any atom is 0.319 e. The van der Waals surface area contributed by atoms with Gasteiger partial charge < -0.3 is 10.1 Å². The largest absolute Gasteiger partial charge is 0.465 e. The van der Waals surface area contributed by atoms with Gasteiger partial charge in [0.05, 0.1) is 13.2 Å². The normalized spacial score (nSPS) is 10.6. The van der Waals surface area contributed by atoms with E-state index in [4.69, 9.17) is 4.74 Å². The standard InChI is InChI=1S/C12H15F2NO2/c1-2-17-11(16)8-15-7-9-3-5-10(6-4-9)12(13)14/h3-6,12,15H,2,7-8H2,1H3. The molecule has 0 saturated carbocycles. The van der Waals surface area contributed by atoms with E-state index in [1.165, 1.54) is 12.1 Å². The number of carbonyl (C=O) groups excluding carboxylic acids is 1. The van der Waals surface area contributed by atoms with Crippen LogP contribution < -0.4 is 5.32 Å². The summed E-state index contributed by atoms with van der Waals surface area (Å²) in [5.74, 6) is -0.322. The van der Waals surface area contributed by atoms with Crippen molar-refractivity contribution in [3.63, 3.8) is 0 Å². The smallest absolute Gasteiger partial charge is 0.319 e. The maximum atomic E-state index is 12.3. The van der Waals surface area contributed by atoms with Gasteiger partial charge in [-0.3, -0.25) is 4.79 Å². The van der Waals surface area contributed by atoms with E-state index in [-0.39, 0.29) is 18.1 Å². The second-order valence-electron chi connectivity index (χ2n) is 3.45. The predicted octanol–water partition coefficient (Wildman–Crippen LogP) is 2.28. The molecule has 1 N–H and O–H groups in total. The lowest BCUT2D eigenvalue weighted by Crippen LogP contribution is -2.24. The zero-order valence-corrected chi connectivity index (χ0v) is 9.58. The van der Waals surface area contributed by atoms with Crippen LogP contribution in [0, 0.1) is 0 Å². The molecule has 0 bridgehead atoms. The highest BCUT2D eigenvalue weighted by Gasteiger charge is 2.06. The molecule has 1 rings (SSSR count). The Kier molecular flexibility index (Phi) is 5.56. The minimum Gasteiger partial charge on any atom is -0.465 e. The topological polar surface area (TPSA) is 38.3 Å². The number of benzene rings is 1. The van der Waals surface area contributed by atoms with Crippen LogP contribution in [0.2, 0.25) is 0 Å². The van der Waals surface area contributed by atoms with Crippen LogP contribution in [-0.2, 0) is 16.1 Å². The SMILES string of the molecule is CCOC(=O)CNCc1ccc(C(F)F)cc1. The molecule has 0 atom stereocenters. The minimum atomic E-state index is -2.45. The summed E-state index contributed by atoms with van der Waals surface area (Å²) in [6, 6.07) is 5.98. The number of ether oxygens (including phenoxy) is 1. The van der Waals surface area contributed by atoms with Crippen molar-refractivity contribution in [1.82, 2.24) is 5.32 Å². The highest BCUT2D eigenvalue weighted by Crippen LogP contribution is 2.18. The summed E-state index contributed by atoms with van der Waals surface area (Å²) in [4.78, 5) is 11.0. The van der Waals surface area contributed by atoms with Gasteiger partial charge >= 0.3 is 5.97 Å². The Hall–Kier alpha value is -1.49. The molecular weight excluding hydrogens is 228 g/mol. The van der Waals surface area contributed by atoms with Crippen molar-refractivity contribution in [1.29, 1.82) is 0 Å². The van der Waals surface area contributed by atoms with Crippen molar-refractivity contribution in [2.75, 3.05) is 13.2 Å². The lowest BCUT2D eigenvalue weighted by atomic mass is 10.1. The summed E-state index contributed by atoms with van der Waals surface area (Å²) in [6.07, 6.45) is -2.45. The molecule has 5 heteroatoms. The number of hydrogen-bond donors (Lipinski definition) is 1. The molecule has 1 aromatic carbocycles. The summed E-state index contributed by atoms with van der Waals surface area (Å²) in [5.41, 5.74) is 0.845. The van der Waals surface area contributed by atoms with E-state index >= 15 is 0 Å². The van der Waals surface area contributed by atoms with Gasteiger partial charge in [0.15, 0.2) is 0 Å². The zero-order chi connectivity index (χ0) is 12.7. The van der Waals surface area contributed by atoms with Crippen LogP contribution in [0.3, 0.4) is 0 Å². The van der Waals surface area contributed by atoms with Crippen LogP contribution in [-0.4, -0.2) is 19.1 Å². The number of alkyl halides is 2. The first kappa shape index (κ1) is 13.6. The van der Waals surface area contributed by atoms with Crippen LogP contribution >= 0.6 is 0 Å². The molecular formula is C12H15F2NO2. The number of esters is 1. The van der Waals surface area contributed by atoms with Gasteiger partial charge in [-0.15, -0.1) is 0 Å². The quantitative estimate of drug-likeness (QED) is 0.779. The van der Waals surface area contributed by atoms with Crippen molar-refractivity contribution < 1.29 is 18.3 Å². The number of hydrogen-bond acceptors (Lipinski definition) is 3. The Morgan fingerprint density at radius 3 is 2.53 bits per heavy atom. The lowest BCUT2D eigenvalue weighted by molar-refractivity contribution is -0.142. The van der Waals surface area contributed by atoms with Gasteiger partial charge in [-0.05, 0) is 12.5 Å². The third-order valence-electron chi connectivity index (χ3n) is 2.14. The fraction of sp³-hybridized carbons (Fsp3) is 0.417. The number of halogens is 2. The molecule has 94 valence electrons. The van der Waals surface area contributed by atoms with Gasteiger partial charge in [0, 0.05) is 12.1 Å². The molecule has 0 spiro atoms. The Balaban J connectivity index is 2.35. The molecule has 0 amide bonds. The van der Waals surface area contributed by atoms with E-state index in [0.29, 0.717) is 13.2 Å². The zero-order valence-electron chi connectivity index (χ0n) is 9.58. The maximum absolute atomic E-state index is 12.3. The summed E-state index contributed by atoms with van der Waals surface area (Å²) in [7, 11) is 0. The average Bonchev–Trinajstić information content (AvgIpc) is 2.30. The van der Waals surface area contributed by atoms with Crippen LogP contribution in [0.1, 0.15) is 24.5 Å². The lowest BCUT2D eigenvalue weighted by Gasteiger charge is -2.05. The average molecular weight is 243 g/mol. The molecule has 0 aromatic heterocycles. The molecule has 0 aliphatic rings. The summed E-state index contributed by atoms with van der Waals surface area (Å²) < 4.78 is 29.3. The van der Waals surface area contributed by atoms with E-state index in [0.717, 1.165) is 5.56 Å². The first-order chi connectivity index (χ1) is 8.13. The van der Waals surface area contributed by atoms with E-state index in [1.807, 2.05) is 0 Å². The summed E-state index contributed by atoms with van der Waals surface area (Å²) in [5, 5.41) is 2.87. The van der Waals surface area contributed by atoms with Gasteiger partial charge in [0.1, 0.15) is 0 Å². The van der Waals surface area contributed by atoms with Crippen LogP contribution in [0.25, 0.3) is 0 Å².